The molecule has 0 amide bonds. The fourth-order valence-electron chi connectivity index (χ4n) is 1.99. The van der Waals surface area contributed by atoms with Gasteiger partial charge in [-0.15, -0.1) is 6.58 Å². The molecule has 1 atom stereocenters. The van der Waals surface area contributed by atoms with Crippen molar-refractivity contribution in [2.75, 3.05) is 0 Å². The average molecular weight is 265 g/mol. The quantitative estimate of drug-likeness (QED) is 0.623. The molecular formula is C16H21ClO. The van der Waals surface area contributed by atoms with E-state index in [9.17, 15) is 4.79 Å². The van der Waals surface area contributed by atoms with E-state index in [1.54, 1.807) is 0 Å². The number of hydrogen-bond donors (Lipinski definition) is 0. The van der Waals surface area contributed by atoms with Crippen molar-refractivity contribution in [3.63, 3.8) is 0 Å². The number of carbonyl (C=O) groups excluding carboxylic acids is 1. The zero-order chi connectivity index (χ0) is 13.5. The third-order valence-corrected chi connectivity index (χ3v) is 3.24. The molecule has 0 aliphatic heterocycles. The van der Waals surface area contributed by atoms with Gasteiger partial charge in [-0.1, -0.05) is 42.7 Å². The minimum Gasteiger partial charge on any atom is -0.299 e. The van der Waals surface area contributed by atoms with Gasteiger partial charge in [-0.2, -0.15) is 0 Å². The Morgan fingerprint density at radius 1 is 1.33 bits per heavy atom. The van der Waals surface area contributed by atoms with E-state index in [1.807, 2.05) is 31.2 Å². The summed E-state index contributed by atoms with van der Waals surface area (Å²) < 4.78 is 0. The summed E-state index contributed by atoms with van der Waals surface area (Å²) in [4.78, 5) is 12.2. The van der Waals surface area contributed by atoms with Crippen molar-refractivity contribution in [3.8, 4) is 0 Å². The smallest absolute Gasteiger partial charge is 0.140 e. The van der Waals surface area contributed by atoms with Crippen LogP contribution in [-0.4, -0.2) is 5.78 Å². The molecule has 98 valence electrons. The molecule has 0 heterocycles. The van der Waals surface area contributed by atoms with E-state index >= 15 is 0 Å². The molecule has 0 radical (unpaired) electrons. The lowest BCUT2D eigenvalue weighted by molar-refractivity contribution is -0.120. The lowest BCUT2D eigenvalue weighted by Crippen LogP contribution is -2.13. The first-order valence-corrected chi connectivity index (χ1v) is 6.85. The van der Waals surface area contributed by atoms with Crippen molar-refractivity contribution in [2.24, 2.45) is 0 Å². The van der Waals surface area contributed by atoms with Crippen LogP contribution in [0.15, 0.2) is 36.4 Å². The van der Waals surface area contributed by atoms with E-state index in [2.05, 4.69) is 13.5 Å². The Labute approximate surface area is 115 Å². The Hall–Kier alpha value is -1.08. The molecule has 18 heavy (non-hydrogen) atoms. The molecule has 0 aliphatic rings. The van der Waals surface area contributed by atoms with E-state index in [-0.39, 0.29) is 5.92 Å². The van der Waals surface area contributed by atoms with Crippen molar-refractivity contribution in [2.45, 2.75) is 45.4 Å². The van der Waals surface area contributed by atoms with Gasteiger partial charge in [-0.25, -0.2) is 0 Å². The van der Waals surface area contributed by atoms with Crippen LogP contribution in [0, 0.1) is 0 Å². The Bertz CT molecular complexity index is 406. The SMILES string of the molecule is C=C(C)CC(C(=O)CCCC)c1ccc(Cl)cc1. The van der Waals surface area contributed by atoms with E-state index in [0.29, 0.717) is 17.2 Å². The summed E-state index contributed by atoms with van der Waals surface area (Å²) in [6.07, 6.45) is 3.38. The molecule has 0 bridgehead atoms. The Morgan fingerprint density at radius 3 is 2.44 bits per heavy atom. The number of ketones is 1. The van der Waals surface area contributed by atoms with Gasteiger partial charge < -0.3 is 0 Å². The molecule has 0 spiro atoms. The second kappa shape index (κ2) is 7.38. The van der Waals surface area contributed by atoms with Crippen LogP contribution in [0.4, 0.5) is 0 Å². The zero-order valence-electron chi connectivity index (χ0n) is 11.2. The maximum Gasteiger partial charge on any atom is 0.140 e. The maximum atomic E-state index is 12.2. The van der Waals surface area contributed by atoms with Gasteiger partial charge in [0.2, 0.25) is 0 Å². The highest BCUT2D eigenvalue weighted by atomic mass is 35.5. The number of allylic oxidation sites excluding steroid dienone is 1. The van der Waals surface area contributed by atoms with Crippen LogP contribution in [0.1, 0.15) is 51.0 Å². The highest BCUT2D eigenvalue weighted by molar-refractivity contribution is 6.30. The minimum absolute atomic E-state index is 0.0636. The van der Waals surface area contributed by atoms with Crippen molar-refractivity contribution in [1.29, 1.82) is 0 Å². The van der Waals surface area contributed by atoms with E-state index < -0.39 is 0 Å². The minimum atomic E-state index is -0.0636. The Balaban J connectivity index is 2.86. The fraction of sp³-hybridized carbons (Fsp3) is 0.438. The lowest BCUT2D eigenvalue weighted by atomic mass is 9.87. The lowest BCUT2D eigenvalue weighted by Gasteiger charge is -2.16. The molecule has 1 aromatic rings. The average Bonchev–Trinajstić information content (AvgIpc) is 2.34. The van der Waals surface area contributed by atoms with Crippen LogP contribution in [0.3, 0.4) is 0 Å². The molecule has 1 rings (SSSR count). The van der Waals surface area contributed by atoms with Crippen LogP contribution in [0.5, 0.6) is 0 Å². The van der Waals surface area contributed by atoms with Crippen molar-refractivity contribution in [3.05, 3.63) is 47.0 Å². The van der Waals surface area contributed by atoms with Gasteiger partial charge in [-0.3, -0.25) is 4.79 Å². The molecule has 1 unspecified atom stereocenters. The normalized spacial score (nSPS) is 12.2. The Kier molecular flexibility index (Phi) is 6.14. The van der Waals surface area contributed by atoms with Gasteiger partial charge in [-0.05, 0) is 37.5 Å². The van der Waals surface area contributed by atoms with E-state index in [0.717, 1.165) is 30.4 Å². The highest BCUT2D eigenvalue weighted by Crippen LogP contribution is 2.27. The molecule has 0 fully saturated rings. The molecule has 0 saturated heterocycles. The summed E-state index contributed by atoms with van der Waals surface area (Å²) in [5, 5.41) is 0.703. The monoisotopic (exact) mass is 264 g/mol. The van der Waals surface area contributed by atoms with Gasteiger partial charge in [0.1, 0.15) is 5.78 Å². The van der Waals surface area contributed by atoms with E-state index in [1.165, 1.54) is 0 Å². The van der Waals surface area contributed by atoms with Crippen molar-refractivity contribution >= 4 is 17.4 Å². The fourth-order valence-corrected chi connectivity index (χ4v) is 2.11. The number of unbranched alkanes of at least 4 members (excludes halogenated alkanes) is 1. The molecular weight excluding hydrogens is 244 g/mol. The second-order valence-corrected chi connectivity index (χ2v) is 5.27. The van der Waals surface area contributed by atoms with Crippen LogP contribution >= 0.6 is 11.6 Å². The standard InChI is InChI=1S/C16H21ClO/c1-4-5-6-16(18)15(11-12(2)3)13-7-9-14(17)10-8-13/h7-10,15H,2,4-6,11H2,1,3H3. The number of rotatable bonds is 7. The number of benzene rings is 1. The van der Waals surface area contributed by atoms with Crippen molar-refractivity contribution in [1.82, 2.24) is 0 Å². The Morgan fingerprint density at radius 2 is 1.94 bits per heavy atom. The topological polar surface area (TPSA) is 17.1 Å². The zero-order valence-corrected chi connectivity index (χ0v) is 12.0. The van der Waals surface area contributed by atoms with Gasteiger partial charge >= 0.3 is 0 Å². The predicted octanol–water partition coefficient (Wildman–Crippen LogP) is 5.15. The summed E-state index contributed by atoms with van der Waals surface area (Å²) in [6.45, 7) is 7.99. The van der Waals surface area contributed by atoms with E-state index in [4.69, 9.17) is 11.6 Å². The second-order valence-electron chi connectivity index (χ2n) is 4.84. The predicted molar refractivity (Wildman–Crippen MR) is 78.2 cm³/mol. The molecule has 0 saturated carbocycles. The maximum absolute atomic E-state index is 12.2. The number of hydrogen-bond acceptors (Lipinski definition) is 1. The summed E-state index contributed by atoms with van der Waals surface area (Å²) in [7, 11) is 0. The number of halogens is 1. The molecule has 2 heteroatoms. The van der Waals surface area contributed by atoms with Gasteiger partial charge in [0.05, 0.1) is 0 Å². The van der Waals surface area contributed by atoms with Crippen LogP contribution < -0.4 is 0 Å². The third-order valence-electron chi connectivity index (χ3n) is 2.99. The van der Waals surface area contributed by atoms with Crippen LogP contribution in [-0.2, 0) is 4.79 Å². The number of Topliss-reactive ketones (excluding diaryl/α,β-unsaturated/α-hetero) is 1. The van der Waals surface area contributed by atoms with Crippen molar-refractivity contribution < 1.29 is 4.79 Å². The van der Waals surface area contributed by atoms with Gasteiger partial charge in [0.25, 0.3) is 0 Å². The molecule has 0 aromatic heterocycles. The highest BCUT2D eigenvalue weighted by Gasteiger charge is 2.19. The summed E-state index contributed by atoms with van der Waals surface area (Å²) in [5.74, 6) is 0.244. The van der Waals surface area contributed by atoms with Gasteiger partial charge in [0.15, 0.2) is 0 Å². The molecule has 1 nitrogen and oxygen atoms in total. The molecule has 1 aromatic carbocycles. The summed E-state index contributed by atoms with van der Waals surface area (Å²) in [5.41, 5.74) is 2.09. The van der Waals surface area contributed by atoms with Crippen LogP contribution in [0.25, 0.3) is 0 Å². The largest absolute Gasteiger partial charge is 0.299 e. The number of carbonyl (C=O) groups is 1. The first kappa shape index (κ1) is 15.0. The first-order valence-electron chi connectivity index (χ1n) is 6.47. The molecule has 0 N–H and O–H groups in total. The summed E-state index contributed by atoms with van der Waals surface area (Å²) in [6, 6.07) is 7.57. The van der Waals surface area contributed by atoms with Crippen LogP contribution in [0.2, 0.25) is 5.02 Å². The third kappa shape index (κ3) is 4.66. The molecule has 0 aliphatic carbocycles. The van der Waals surface area contributed by atoms with Gasteiger partial charge in [0, 0.05) is 17.4 Å². The summed E-state index contributed by atoms with van der Waals surface area (Å²) >= 11 is 5.88. The first-order chi connectivity index (χ1) is 8.54.